The molecule has 25 heavy (non-hydrogen) atoms. The highest BCUT2D eigenvalue weighted by Gasteiger charge is 2.44. The number of nitrogens with one attached hydrogen (secondary N) is 1. The summed E-state index contributed by atoms with van der Waals surface area (Å²) in [4.78, 5) is 10.4. The highest BCUT2D eigenvalue weighted by Crippen LogP contribution is 2.52. The standard InChI is InChI=1S/C18H16Cl2N2O3/c1-10-5-12(8-13-16(10)21-9-18(13)3-2-4-18)25-17-14(19)6-11(22(23)24)7-15(17)20/h5-8,21H,2-4,9H2,1H3/i9D. The fourth-order valence-electron chi connectivity index (χ4n) is 3.52. The highest BCUT2D eigenvalue weighted by molar-refractivity contribution is 6.37. The lowest BCUT2D eigenvalue weighted by molar-refractivity contribution is -0.384. The van der Waals surface area contributed by atoms with Gasteiger partial charge in [0.05, 0.1) is 15.0 Å². The van der Waals surface area contributed by atoms with Crippen LogP contribution in [0.15, 0.2) is 24.3 Å². The Morgan fingerprint density at radius 2 is 1.96 bits per heavy atom. The van der Waals surface area contributed by atoms with Gasteiger partial charge in [0.2, 0.25) is 0 Å². The number of nitrogens with zero attached hydrogens (tertiary/aromatic N) is 1. The first-order valence-electron chi connectivity index (χ1n) is 8.55. The lowest BCUT2D eigenvalue weighted by Gasteiger charge is -2.38. The minimum Gasteiger partial charge on any atom is -0.454 e. The molecule has 1 fully saturated rings. The van der Waals surface area contributed by atoms with E-state index >= 15 is 0 Å². The van der Waals surface area contributed by atoms with Gasteiger partial charge in [-0.15, -0.1) is 0 Å². The van der Waals surface area contributed by atoms with E-state index in [-0.39, 0.29) is 33.4 Å². The van der Waals surface area contributed by atoms with Crippen LogP contribution in [0.1, 0.15) is 31.8 Å². The van der Waals surface area contributed by atoms with Crippen molar-refractivity contribution in [3.8, 4) is 11.5 Å². The number of benzene rings is 2. The third-order valence-electron chi connectivity index (χ3n) is 5.00. The molecule has 2 aromatic rings. The number of anilines is 1. The lowest BCUT2D eigenvalue weighted by Crippen LogP contribution is -2.35. The van der Waals surface area contributed by atoms with Crippen LogP contribution in [0.4, 0.5) is 11.4 Å². The number of hydrogen-bond donors (Lipinski definition) is 1. The SMILES string of the molecule is [2H]C1Nc2c(C)cc(Oc3c(Cl)cc([N+](=O)[O-])cc3Cl)cc2C12CCC2. The monoisotopic (exact) mass is 379 g/mol. The second kappa shape index (κ2) is 5.78. The molecular formula is C18H16Cl2N2O3. The molecule has 1 unspecified atom stereocenters. The van der Waals surface area contributed by atoms with Gasteiger partial charge < -0.3 is 10.1 Å². The van der Waals surface area contributed by atoms with E-state index in [1.807, 2.05) is 19.1 Å². The zero-order valence-corrected chi connectivity index (χ0v) is 14.9. The van der Waals surface area contributed by atoms with Crippen LogP contribution < -0.4 is 10.1 Å². The van der Waals surface area contributed by atoms with Crippen molar-refractivity contribution in [1.82, 2.24) is 0 Å². The molecule has 130 valence electrons. The Balaban J connectivity index is 1.73. The zero-order chi connectivity index (χ0) is 18.6. The molecule has 0 saturated heterocycles. The Bertz CT molecular complexity index is 908. The number of aryl methyl sites for hydroxylation is 1. The number of nitro benzene ring substituents is 1. The first-order chi connectivity index (χ1) is 12.3. The van der Waals surface area contributed by atoms with Crippen LogP contribution in [0.5, 0.6) is 11.5 Å². The van der Waals surface area contributed by atoms with Gasteiger partial charge in [-0.3, -0.25) is 10.1 Å². The summed E-state index contributed by atoms with van der Waals surface area (Å²) in [7, 11) is 0. The fraction of sp³-hybridized carbons (Fsp3) is 0.333. The van der Waals surface area contributed by atoms with Gasteiger partial charge in [-0.1, -0.05) is 29.6 Å². The van der Waals surface area contributed by atoms with Gasteiger partial charge >= 0.3 is 0 Å². The summed E-state index contributed by atoms with van der Waals surface area (Å²) in [6.07, 6.45) is 3.06. The average Bonchev–Trinajstić information content (AvgIpc) is 2.83. The number of non-ortho nitro benzene ring substituents is 1. The molecule has 7 heteroatoms. The molecule has 1 atom stereocenters. The molecule has 0 amide bonds. The van der Waals surface area contributed by atoms with E-state index in [2.05, 4.69) is 5.32 Å². The number of hydrogen-bond acceptors (Lipinski definition) is 4. The largest absolute Gasteiger partial charge is 0.454 e. The molecule has 1 heterocycles. The van der Waals surface area contributed by atoms with Crippen LogP contribution >= 0.6 is 23.2 Å². The van der Waals surface area contributed by atoms with Crippen molar-refractivity contribution in [1.29, 1.82) is 0 Å². The second-order valence-electron chi connectivity index (χ2n) is 6.56. The van der Waals surface area contributed by atoms with Crippen molar-refractivity contribution in [2.75, 3.05) is 11.8 Å². The third kappa shape index (κ3) is 2.62. The molecule has 1 spiro atoms. The summed E-state index contributed by atoms with van der Waals surface area (Å²) >= 11 is 12.3. The third-order valence-corrected chi connectivity index (χ3v) is 5.56. The molecule has 2 aliphatic rings. The van der Waals surface area contributed by atoms with Crippen molar-refractivity contribution >= 4 is 34.6 Å². The number of nitro groups is 1. The van der Waals surface area contributed by atoms with Gasteiger partial charge in [0, 0.05) is 31.1 Å². The van der Waals surface area contributed by atoms with Crippen molar-refractivity contribution in [2.45, 2.75) is 31.6 Å². The summed E-state index contributed by atoms with van der Waals surface area (Å²) in [6.45, 7) is 1.61. The Kier molecular flexibility index (Phi) is 3.54. The van der Waals surface area contributed by atoms with Gasteiger partial charge in [0.25, 0.3) is 5.69 Å². The molecule has 5 nitrogen and oxygen atoms in total. The van der Waals surface area contributed by atoms with Gasteiger partial charge in [-0.2, -0.15) is 0 Å². The molecule has 1 aliphatic carbocycles. The van der Waals surface area contributed by atoms with E-state index in [0.717, 1.165) is 36.1 Å². The van der Waals surface area contributed by atoms with E-state index in [1.165, 1.54) is 12.1 Å². The molecule has 1 saturated carbocycles. The van der Waals surface area contributed by atoms with Gasteiger partial charge in [-0.05, 0) is 43.0 Å². The van der Waals surface area contributed by atoms with Crippen LogP contribution in [0.3, 0.4) is 0 Å². The van der Waals surface area contributed by atoms with Gasteiger partial charge in [0.1, 0.15) is 5.75 Å². The molecule has 2 aromatic carbocycles. The van der Waals surface area contributed by atoms with Crippen LogP contribution in [0.25, 0.3) is 0 Å². The van der Waals surface area contributed by atoms with E-state index in [4.69, 9.17) is 29.3 Å². The van der Waals surface area contributed by atoms with E-state index in [1.54, 1.807) is 0 Å². The molecule has 0 bridgehead atoms. The fourth-order valence-corrected chi connectivity index (χ4v) is 4.08. The Morgan fingerprint density at radius 3 is 2.52 bits per heavy atom. The zero-order valence-electron chi connectivity index (χ0n) is 14.4. The Hall–Kier alpha value is -1.98. The van der Waals surface area contributed by atoms with Crippen LogP contribution in [0, 0.1) is 17.0 Å². The van der Waals surface area contributed by atoms with E-state index in [0.29, 0.717) is 5.75 Å². The number of ether oxygens (including phenoxy) is 1. The number of rotatable bonds is 3. The van der Waals surface area contributed by atoms with Crippen LogP contribution in [-0.2, 0) is 5.41 Å². The smallest absolute Gasteiger partial charge is 0.272 e. The Morgan fingerprint density at radius 1 is 1.28 bits per heavy atom. The predicted molar refractivity (Wildman–Crippen MR) is 98.4 cm³/mol. The summed E-state index contributed by atoms with van der Waals surface area (Å²) in [5, 5.41) is 14.3. The molecule has 0 radical (unpaired) electrons. The second-order valence-corrected chi connectivity index (χ2v) is 7.37. The summed E-state index contributed by atoms with van der Waals surface area (Å²) in [5.74, 6) is 0.746. The summed E-state index contributed by atoms with van der Waals surface area (Å²) in [6, 6.07) is 6.22. The maximum absolute atomic E-state index is 10.9. The highest BCUT2D eigenvalue weighted by atomic mass is 35.5. The molecule has 1 N–H and O–H groups in total. The van der Waals surface area contributed by atoms with Gasteiger partial charge in [-0.25, -0.2) is 0 Å². The maximum atomic E-state index is 10.9. The predicted octanol–water partition coefficient (Wildman–Crippen LogP) is 5.85. The van der Waals surface area contributed by atoms with Crippen LogP contribution in [-0.4, -0.2) is 11.4 Å². The maximum Gasteiger partial charge on any atom is 0.272 e. The lowest BCUT2D eigenvalue weighted by atomic mass is 9.65. The summed E-state index contributed by atoms with van der Waals surface area (Å²) in [5.41, 5.74) is 2.72. The summed E-state index contributed by atoms with van der Waals surface area (Å²) < 4.78 is 14.3. The van der Waals surface area contributed by atoms with Crippen molar-refractivity contribution in [2.24, 2.45) is 0 Å². The quantitative estimate of drug-likeness (QED) is 0.536. The number of fused-ring (bicyclic) bond motifs is 2. The van der Waals surface area contributed by atoms with Crippen molar-refractivity contribution in [3.05, 3.63) is 55.6 Å². The normalized spacial score (nSPS) is 20.4. The first-order valence-corrected chi connectivity index (χ1v) is 8.72. The average molecular weight is 380 g/mol. The minimum absolute atomic E-state index is 0.0807. The minimum atomic E-state index is -0.554. The van der Waals surface area contributed by atoms with E-state index < -0.39 is 4.92 Å². The first kappa shape index (κ1) is 15.3. The molecule has 4 rings (SSSR count). The van der Waals surface area contributed by atoms with Crippen molar-refractivity contribution in [3.63, 3.8) is 0 Å². The molecule has 1 aliphatic heterocycles. The van der Waals surface area contributed by atoms with Crippen LogP contribution in [0.2, 0.25) is 10.0 Å². The van der Waals surface area contributed by atoms with E-state index in [9.17, 15) is 10.1 Å². The van der Waals surface area contributed by atoms with Crippen molar-refractivity contribution < 1.29 is 11.0 Å². The topological polar surface area (TPSA) is 64.4 Å². The number of halogens is 2. The molecular weight excluding hydrogens is 363 g/mol. The molecule has 0 aromatic heterocycles. The van der Waals surface area contributed by atoms with Gasteiger partial charge in [0.15, 0.2) is 5.75 Å². The Labute approximate surface area is 156 Å².